The molecule has 21 heavy (non-hydrogen) atoms. The van der Waals surface area contributed by atoms with Crippen molar-refractivity contribution in [2.24, 2.45) is 11.8 Å². The van der Waals surface area contributed by atoms with Gasteiger partial charge in [-0.25, -0.2) is 9.18 Å². The molecule has 1 aromatic carbocycles. The number of likely N-dealkylation sites (tertiary alicyclic amines) is 1. The van der Waals surface area contributed by atoms with E-state index in [4.69, 9.17) is 5.11 Å². The highest BCUT2D eigenvalue weighted by molar-refractivity contribution is 5.90. The summed E-state index contributed by atoms with van der Waals surface area (Å²) >= 11 is 0. The quantitative estimate of drug-likeness (QED) is 0.881. The summed E-state index contributed by atoms with van der Waals surface area (Å²) in [5.41, 5.74) is 0.951. The third kappa shape index (κ3) is 3.71. The molecule has 1 saturated heterocycles. The van der Waals surface area contributed by atoms with Crippen LogP contribution in [0.5, 0.6) is 0 Å². The molecule has 114 valence electrons. The van der Waals surface area contributed by atoms with Gasteiger partial charge in [0.2, 0.25) is 0 Å². The van der Waals surface area contributed by atoms with Crippen molar-refractivity contribution in [1.29, 1.82) is 0 Å². The van der Waals surface area contributed by atoms with Crippen LogP contribution in [0.25, 0.3) is 0 Å². The fourth-order valence-electron chi connectivity index (χ4n) is 2.63. The minimum atomic E-state index is -0.902. The Labute approximate surface area is 122 Å². The molecule has 0 bridgehead atoms. The molecule has 0 radical (unpaired) electrons. The molecule has 2 rings (SSSR count). The van der Waals surface area contributed by atoms with E-state index in [0.717, 1.165) is 5.56 Å². The summed E-state index contributed by atoms with van der Waals surface area (Å²) in [5, 5.41) is 11.6. The van der Waals surface area contributed by atoms with E-state index in [9.17, 15) is 14.0 Å². The van der Waals surface area contributed by atoms with Crippen molar-refractivity contribution < 1.29 is 19.1 Å². The SMILES string of the molecule is Cc1ccc(F)c(NC(=O)N2CC(C)CC(C(=O)O)C2)c1. The van der Waals surface area contributed by atoms with E-state index in [-0.39, 0.29) is 18.2 Å². The highest BCUT2D eigenvalue weighted by Gasteiger charge is 2.32. The maximum atomic E-state index is 13.7. The van der Waals surface area contributed by atoms with Gasteiger partial charge in [0.05, 0.1) is 11.6 Å². The number of nitrogens with one attached hydrogen (secondary N) is 1. The first-order valence-corrected chi connectivity index (χ1v) is 6.91. The van der Waals surface area contributed by atoms with Gasteiger partial charge in [0.1, 0.15) is 5.82 Å². The number of hydrogen-bond acceptors (Lipinski definition) is 2. The first-order valence-electron chi connectivity index (χ1n) is 6.91. The predicted molar refractivity (Wildman–Crippen MR) is 76.6 cm³/mol. The average molecular weight is 294 g/mol. The normalized spacial score (nSPS) is 22.0. The summed E-state index contributed by atoms with van der Waals surface area (Å²) in [5.74, 6) is -1.87. The number of urea groups is 1. The Bertz CT molecular complexity index is 562. The van der Waals surface area contributed by atoms with E-state index in [1.807, 2.05) is 6.92 Å². The number of nitrogens with zero attached hydrogens (tertiary/aromatic N) is 1. The number of piperidine rings is 1. The molecule has 0 saturated carbocycles. The number of carboxylic acids is 1. The number of amides is 2. The summed E-state index contributed by atoms with van der Waals surface area (Å²) in [6.07, 6.45) is 0.553. The molecule has 6 heteroatoms. The van der Waals surface area contributed by atoms with E-state index in [0.29, 0.717) is 13.0 Å². The van der Waals surface area contributed by atoms with Gasteiger partial charge in [-0.05, 0) is 37.0 Å². The van der Waals surface area contributed by atoms with Crippen LogP contribution < -0.4 is 5.32 Å². The highest BCUT2D eigenvalue weighted by Crippen LogP contribution is 2.23. The van der Waals surface area contributed by atoms with Crippen LogP contribution in [0.2, 0.25) is 0 Å². The van der Waals surface area contributed by atoms with E-state index >= 15 is 0 Å². The number of aryl methyl sites for hydroxylation is 1. The van der Waals surface area contributed by atoms with Crippen LogP contribution in [-0.4, -0.2) is 35.1 Å². The number of carbonyl (C=O) groups is 2. The van der Waals surface area contributed by atoms with Crippen LogP contribution in [0.3, 0.4) is 0 Å². The monoisotopic (exact) mass is 294 g/mol. The Hall–Kier alpha value is -2.11. The second kappa shape index (κ2) is 6.11. The maximum absolute atomic E-state index is 13.7. The van der Waals surface area contributed by atoms with Gasteiger partial charge in [0.15, 0.2) is 0 Å². The van der Waals surface area contributed by atoms with Crippen molar-refractivity contribution in [3.63, 3.8) is 0 Å². The van der Waals surface area contributed by atoms with Gasteiger partial charge >= 0.3 is 12.0 Å². The smallest absolute Gasteiger partial charge is 0.321 e. The lowest BCUT2D eigenvalue weighted by molar-refractivity contribution is -0.143. The summed E-state index contributed by atoms with van der Waals surface area (Å²) in [6, 6.07) is 4.00. The number of carboxylic acid groups (broad SMARTS) is 1. The molecular formula is C15H19FN2O3. The highest BCUT2D eigenvalue weighted by atomic mass is 19.1. The molecule has 0 spiro atoms. The number of halogens is 1. The van der Waals surface area contributed by atoms with Crippen LogP contribution in [0.4, 0.5) is 14.9 Å². The Morgan fingerprint density at radius 2 is 2.10 bits per heavy atom. The molecular weight excluding hydrogens is 275 g/mol. The van der Waals surface area contributed by atoms with Gasteiger partial charge in [-0.2, -0.15) is 0 Å². The fraction of sp³-hybridized carbons (Fsp3) is 0.467. The molecule has 1 aliphatic heterocycles. The summed E-state index contributed by atoms with van der Waals surface area (Å²) in [4.78, 5) is 24.7. The van der Waals surface area contributed by atoms with Gasteiger partial charge in [0.25, 0.3) is 0 Å². The summed E-state index contributed by atoms with van der Waals surface area (Å²) < 4.78 is 13.7. The van der Waals surface area contributed by atoms with Crippen molar-refractivity contribution in [2.45, 2.75) is 20.3 Å². The number of aliphatic carboxylic acids is 1. The van der Waals surface area contributed by atoms with E-state index in [1.54, 1.807) is 19.1 Å². The van der Waals surface area contributed by atoms with Crippen molar-refractivity contribution in [1.82, 2.24) is 4.90 Å². The number of rotatable bonds is 2. The van der Waals surface area contributed by atoms with Crippen LogP contribution in [0.1, 0.15) is 18.9 Å². The second-order valence-electron chi connectivity index (χ2n) is 5.69. The zero-order valence-electron chi connectivity index (χ0n) is 12.1. The minimum Gasteiger partial charge on any atom is -0.481 e. The van der Waals surface area contributed by atoms with Crippen LogP contribution in [0, 0.1) is 24.6 Å². The number of anilines is 1. The molecule has 1 aliphatic rings. The molecule has 2 atom stereocenters. The van der Waals surface area contributed by atoms with Crippen molar-refractivity contribution in [3.05, 3.63) is 29.6 Å². The van der Waals surface area contributed by atoms with E-state index < -0.39 is 23.7 Å². The molecule has 2 amide bonds. The Morgan fingerprint density at radius 1 is 1.38 bits per heavy atom. The zero-order valence-corrected chi connectivity index (χ0v) is 12.1. The first kappa shape index (κ1) is 15.3. The fourth-order valence-corrected chi connectivity index (χ4v) is 2.63. The standard InChI is InChI=1S/C15H19FN2O3/c1-9-3-4-12(16)13(6-9)17-15(21)18-7-10(2)5-11(8-18)14(19)20/h3-4,6,10-11H,5,7-8H2,1-2H3,(H,17,21)(H,19,20). The van der Waals surface area contributed by atoms with Gasteiger partial charge in [-0.3, -0.25) is 4.79 Å². The Balaban J connectivity index is 2.08. The molecule has 1 aromatic rings. The summed E-state index contributed by atoms with van der Waals surface area (Å²) in [6.45, 7) is 4.34. The average Bonchev–Trinajstić information content (AvgIpc) is 2.42. The topological polar surface area (TPSA) is 69.6 Å². The first-order chi connectivity index (χ1) is 9.86. The van der Waals surface area contributed by atoms with Crippen molar-refractivity contribution in [3.8, 4) is 0 Å². The van der Waals surface area contributed by atoms with Gasteiger partial charge in [0, 0.05) is 13.1 Å². The number of benzene rings is 1. The number of carbonyl (C=O) groups excluding carboxylic acids is 1. The third-order valence-electron chi connectivity index (χ3n) is 3.66. The van der Waals surface area contributed by atoms with Crippen LogP contribution in [-0.2, 0) is 4.79 Å². The van der Waals surface area contributed by atoms with Gasteiger partial charge in [-0.1, -0.05) is 13.0 Å². The van der Waals surface area contributed by atoms with Crippen LogP contribution in [0.15, 0.2) is 18.2 Å². The lowest BCUT2D eigenvalue weighted by Crippen LogP contribution is -2.47. The lowest BCUT2D eigenvalue weighted by atomic mass is 9.91. The Morgan fingerprint density at radius 3 is 2.76 bits per heavy atom. The molecule has 0 aliphatic carbocycles. The van der Waals surface area contributed by atoms with Gasteiger partial charge in [-0.15, -0.1) is 0 Å². The van der Waals surface area contributed by atoms with E-state index in [2.05, 4.69) is 5.32 Å². The predicted octanol–water partition coefficient (Wildman–Crippen LogP) is 2.71. The van der Waals surface area contributed by atoms with E-state index in [1.165, 1.54) is 11.0 Å². The molecule has 5 nitrogen and oxygen atoms in total. The van der Waals surface area contributed by atoms with Crippen molar-refractivity contribution in [2.75, 3.05) is 18.4 Å². The lowest BCUT2D eigenvalue weighted by Gasteiger charge is -2.34. The molecule has 2 unspecified atom stereocenters. The Kier molecular flexibility index (Phi) is 4.45. The largest absolute Gasteiger partial charge is 0.481 e. The minimum absolute atomic E-state index is 0.105. The molecule has 0 aromatic heterocycles. The second-order valence-corrected chi connectivity index (χ2v) is 5.69. The molecule has 1 heterocycles. The zero-order chi connectivity index (χ0) is 15.6. The molecule has 1 fully saturated rings. The van der Waals surface area contributed by atoms with Crippen molar-refractivity contribution >= 4 is 17.7 Å². The third-order valence-corrected chi connectivity index (χ3v) is 3.66. The molecule has 2 N–H and O–H groups in total. The van der Waals surface area contributed by atoms with Crippen LogP contribution >= 0.6 is 0 Å². The summed E-state index contributed by atoms with van der Waals surface area (Å²) in [7, 11) is 0. The number of hydrogen-bond donors (Lipinski definition) is 2. The van der Waals surface area contributed by atoms with Gasteiger partial charge < -0.3 is 15.3 Å². The maximum Gasteiger partial charge on any atom is 0.321 e.